The fraction of sp³-hybridized carbons (Fsp3) is 0. The van der Waals surface area contributed by atoms with Crippen molar-refractivity contribution in [3.63, 3.8) is 0 Å². The van der Waals surface area contributed by atoms with Crippen LogP contribution in [0.3, 0.4) is 0 Å². The molecule has 4 N–H and O–H groups in total. The number of nitrogens with two attached hydrogens (primary N) is 1. The summed E-state index contributed by atoms with van der Waals surface area (Å²) in [6.45, 7) is 0. The topological polar surface area (TPSA) is 122 Å². The number of aromatic amines is 1. The molecule has 0 radical (unpaired) electrons. The van der Waals surface area contributed by atoms with Crippen molar-refractivity contribution in [1.82, 2.24) is 4.98 Å². The Bertz CT molecular complexity index is 1010. The molecule has 0 spiro atoms. The predicted molar refractivity (Wildman–Crippen MR) is 91.1 cm³/mol. The molecular formula is C17H14N2O5S. The molecule has 0 amide bonds. The van der Waals surface area contributed by atoms with Gasteiger partial charge in [-0.15, -0.1) is 0 Å². The molecule has 0 saturated heterocycles. The van der Waals surface area contributed by atoms with Gasteiger partial charge >= 0.3 is 5.97 Å². The maximum Gasteiger partial charge on any atom is 0.335 e. The van der Waals surface area contributed by atoms with Crippen LogP contribution in [0.15, 0.2) is 65.7 Å². The monoisotopic (exact) mass is 358 g/mol. The van der Waals surface area contributed by atoms with Gasteiger partial charge in [0, 0.05) is 17.5 Å². The number of sulfonamides is 1. The second-order valence-corrected chi connectivity index (χ2v) is 6.73. The number of hydrogen-bond donors (Lipinski definition) is 3. The Morgan fingerprint density at radius 3 is 2.36 bits per heavy atom. The van der Waals surface area contributed by atoms with E-state index in [1.165, 1.54) is 6.07 Å². The highest BCUT2D eigenvalue weighted by atomic mass is 32.2. The van der Waals surface area contributed by atoms with Crippen molar-refractivity contribution < 1.29 is 23.1 Å². The molecule has 128 valence electrons. The van der Waals surface area contributed by atoms with Gasteiger partial charge in [-0.05, 0) is 36.4 Å². The smallest absolute Gasteiger partial charge is 0.335 e. The lowest BCUT2D eigenvalue weighted by Crippen LogP contribution is -2.15. The zero-order valence-electron chi connectivity index (χ0n) is 12.8. The van der Waals surface area contributed by atoms with Crippen molar-refractivity contribution in [2.45, 2.75) is 4.90 Å². The third-order valence-electron chi connectivity index (χ3n) is 3.46. The van der Waals surface area contributed by atoms with E-state index in [4.69, 9.17) is 9.88 Å². The molecule has 25 heavy (non-hydrogen) atoms. The van der Waals surface area contributed by atoms with Gasteiger partial charge in [0.1, 0.15) is 10.6 Å². The van der Waals surface area contributed by atoms with Crippen LogP contribution < -0.4 is 9.88 Å². The van der Waals surface area contributed by atoms with Gasteiger partial charge in [-0.25, -0.2) is 18.4 Å². The van der Waals surface area contributed by atoms with Crippen molar-refractivity contribution in [2.75, 3.05) is 0 Å². The number of benzene rings is 2. The molecular weight excluding hydrogens is 344 g/mol. The number of primary sulfonamides is 1. The zero-order chi connectivity index (χ0) is 18.0. The SMILES string of the molecule is NS(=O)(=O)c1cc(C(=O)O)cc(-c2ccc[nH]2)c1Oc1ccccc1. The highest BCUT2D eigenvalue weighted by molar-refractivity contribution is 7.89. The molecule has 0 bridgehead atoms. The van der Waals surface area contributed by atoms with Crippen LogP contribution in [0.2, 0.25) is 0 Å². The van der Waals surface area contributed by atoms with Crippen LogP contribution in [-0.2, 0) is 10.0 Å². The van der Waals surface area contributed by atoms with E-state index >= 15 is 0 Å². The quantitative estimate of drug-likeness (QED) is 0.647. The van der Waals surface area contributed by atoms with Crippen LogP contribution >= 0.6 is 0 Å². The van der Waals surface area contributed by atoms with E-state index in [2.05, 4.69) is 4.98 Å². The minimum Gasteiger partial charge on any atom is -0.478 e. The highest BCUT2D eigenvalue weighted by Gasteiger charge is 2.24. The van der Waals surface area contributed by atoms with E-state index in [0.29, 0.717) is 11.4 Å². The van der Waals surface area contributed by atoms with Crippen molar-refractivity contribution in [1.29, 1.82) is 0 Å². The summed E-state index contributed by atoms with van der Waals surface area (Å²) in [7, 11) is -4.23. The Balaban J connectivity index is 2.30. The van der Waals surface area contributed by atoms with E-state index < -0.39 is 20.9 Å². The summed E-state index contributed by atoms with van der Waals surface area (Å²) < 4.78 is 29.8. The van der Waals surface area contributed by atoms with Gasteiger partial charge in [0.15, 0.2) is 5.75 Å². The second kappa shape index (κ2) is 6.42. The first kappa shape index (κ1) is 16.7. The van der Waals surface area contributed by atoms with Crippen molar-refractivity contribution >= 4 is 16.0 Å². The van der Waals surface area contributed by atoms with Crippen LogP contribution in [-0.4, -0.2) is 24.5 Å². The zero-order valence-corrected chi connectivity index (χ0v) is 13.7. The lowest BCUT2D eigenvalue weighted by atomic mass is 10.1. The largest absolute Gasteiger partial charge is 0.478 e. The van der Waals surface area contributed by atoms with Gasteiger partial charge in [-0.1, -0.05) is 18.2 Å². The van der Waals surface area contributed by atoms with Crippen molar-refractivity contribution in [2.24, 2.45) is 5.14 Å². The number of aromatic nitrogens is 1. The molecule has 7 nitrogen and oxygen atoms in total. The van der Waals surface area contributed by atoms with Gasteiger partial charge in [0.05, 0.1) is 5.56 Å². The lowest BCUT2D eigenvalue weighted by molar-refractivity contribution is 0.0696. The summed E-state index contributed by atoms with van der Waals surface area (Å²) in [5.41, 5.74) is 0.561. The Morgan fingerprint density at radius 1 is 1.08 bits per heavy atom. The first-order chi connectivity index (χ1) is 11.9. The van der Waals surface area contributed by atoms with Gasteiger partial charge in [-0.2, -0.15) is 0 Å². The number of rotatable bonds is 5. The highest BCUT2D eigenvalue weighted by Crippen LogP contribution is 2.38. The maximum absolute atomic E-state index is 12.0. The van der Waals surface area contributed by atoms with Gasteiger partial charge < -0.3 is 14.8 Å². The molecule has 2 aromatic carbocycles. The average molecular weight is 358 g/mol. The Kier molecular flexibility index (Phi) is 4.30. The van der Waals surface area contributed by atoms with Crippen molar-refractivity contribution in [3.8, 4) is 22.8 Å². The fourth-order valence-electron chi connectivity index (χ4n) is 2.35. The molecule has 0 aliphatic heterocycles. The van der Waals surface area contributed by atoms with Gasteiger partial charge in [0.25, 0.3) is 0 Å². The Labute approximate surface area is 143 Å². The standard InChI is InChI=1S/C17H14N2O5S/c18-25(22,23)15-10-11(17(20)21)9-13(14-7-4-8-19-14)16(15)24-12-5-2-1-3-6-12/h1-10,19H,(H,20,21)(H2,18,22,23). The molecule has 1 aromatic heterocycles. The second-order valence-electron chi connectivity index (χ2n) is 5.20. The number of para-hydroxylation sites is 1. The summed E-state index contributed by atoms with van der Waals surface area (Å²) in [4.78, 5) is 13.9. The molecule has 1 heterocycles. The van der Waals surface area contributed by atoms with Crippen LogP contribution in [0.4, 0.5) is 0 Å². The van der Waals surface area contributed by atoms with Crippen LogP contribution in [0.1, 0.15) is 10.4 Å². The Hall–Kier alpha value is -3.10. The number of carboxylic acids is 1. The number of aromatic carboxylic acids is 1. The molecule has 3 rings (SSSR count). The first-order valence-corrected chi connectivity index (χ1v) is 8.71. The molecule has 0 atom stereocenters. The average Bonchev–Trinajstić information content (AvgIpc) is 3.09. The van der Waals surface area contributed by atoms with Crippen molar-refractivity contribution in [3.05, 3.63) is 66.4 Å². The molecule has 3 aromatic rings. The number of H-pyrrole nitrogens is 1. The summed E-state index contributed by atoms with van der Waals surface area (Å²) >= 11 is 0. The number of hydrogen-bond acceptors (Lipinski definition) is 4. The van der Waals surface area contributed by atoms with E-state index in [-0.39, 0.29) is 16.9 Å². The molecule has 0 aliphatic carbocycles. The maximum atomic E-state index is 12.0. The van der Waals surface area contributed by atoms with E-state index in [1.54, 1.807) is 48.7 Å². The van der Waals surface area contributed by atoms with Gasteiger partial charge in [0.2, 0.25) is 10.0 Å². The predicted octanol–water partition coefficient (Wildman–Crippen LogP) is 2.82. The normalized spacial score (nSPS) is 11.2. The lowest BCUT2D eigenvalue weighted by Gasteiger charge is -2.15. The fourth-order valence-corrected chi connectivity index (χ4v) is 3.05. The van der Waals surface area contributed by atoms with Crippen LogP contribution in [0.25, 0.3) is 11.3 Å². The third-order valence-corrected chi connectivity index (χ3v) is 4.38. The summed E-state index contributed by atoms with van der Waals surface area (Å²) in [6, 6.07) is 14.2. The summed E-state index contributed by atoms with van der Waals surface area (Å²) in [6.07, 6.45) is 1.63. The number of carbonyl (C=O) groups is 1. The molecule has 0 fully saturated rings. The third kappa shape index (κ3) is 3.54. The van der Waals surface area contributed by atoms with Crippen LogP contribution in [0, 0.1) is 0 Å². The minimum absolute atomic E-state index is 0.0406. The van der Waals surface area contributed by atoms with E-state index in [1.807, 2.05) is 0 Å². The molecule has 8 heteroatoms. The van der Waals surface area contributed by atoms with Crippen LogP contribution in [0.5, 0.6) is 11.5 Å². The molecule has 0 unspecified atom stereocenters. The molecule has 0 aliphatic rings. The minimum atomic E-state index is -4.23. The number of nitrogens with one attached hydrogen (secondary N) is 1. The Morgan fingerprint density at radius 2 is 1.80 bits per heavy atom. The summed E-state index contributed by atoms with van der Waals surface area (Å²) in [5.74, 6) is -0.923. The first-order valence-electron chi connectivity index (χ1n) is 7.17. The number of carboxylic acid groups (broad SMARTS) is 1. The summed E-state index contributed by atoms with van der Waals surface area (Å²) in [5, 5.41) is 14.6. The van der Waals surface area contributed by atoms with Gasteiger partial charge in [-0.3, -0.25) is 0 Å². The van der Waals surface area contributed by atoms with E-state index in [0.717, 1.165) is 6.07 Å². The molecule has 0 saturated carbocycles. The number of ether oxygens (including phenoxy) is 1. The van der Waals surface area contributed by atoms with E-state index in [9.17, 15) is 18.3 Å².